The molecule has 1 N–H and O–H groups in total. The molecule has 0 bridgehead atoms. The fraction of sp³-hybridized carbons (Fsp3) is 0.312. The van der Waals surface area contributed by atoms with Gasteiger partial charge < -0.3 is 24.1 Å². The third kappa shape index (κ3) is 3.48. The lowest BCUT2D eigenvalue weighted by atomic mass is 10.2. The minimum absolute atomic E-state index is 0.257. The number of esters is 1. The van der Waals surface area contributed by atoms with Gasteiger partial charge in [-0.3, -0.25) is 4.79 Å². The molecule has 3 rings (SSSR count). The highest BCUT2D eigenvalue weighted by Crippen LogP contribution is 2.33. The first-order valence-electron chi connectivity index (χ1n) is 7.35. The van der Waals surface area contributed by atoms with Crippen molar-refractivity contribution < 1.29 is 28.3 Å². The lowest BCUT2D eigenvalue weighted by molar-refractivity contribution is -0.159. The van der Waals surface area contributed by atoms with E-state index in [-0.39, 0.29) is 5.82 Å². The maximum absolute atomic E-state index is 12.1. The molecule has 1 amide bonds. The molecular weight excluding hydrogens is 316 g/mol. The largest absolute Gasteiger partial charge is 0.482 e. The van der Waals surface area contributed by atoms with E-state index < -0.39 is 30.7 Å². The zero-order valence-corrected chi connectivity index (χ0v) is 13.1. The summed E-state index contributed by atoms with van der Waals surface area (Å²) in [5, 5.41) is 6.07. The fourth-order valence-corrected chi connectivity index (χ4v) is 2.20. The van der Waals surface area contributed by atoms with Crippen molar-refractivity contribution in [3.05, 3.63) is 36.1 Å². The molecule has 8 heteroatoms. The lowest BCUT2D eigenvalue weighted by Gasteiger charge is -2.30. The summed E-state index contributed by atoms with van der Waals surface area (Å²) in [7, 11) is 0. The number of para-hydroxylation sites is 2. The predicted octanol–water partition coefficient (Wildman–Crippen LogP) is 1.69. The van der Waals surface area contributed by atoms with Gasteiger partial charge in [0.2, 0.25) is 6.10 Å². The number of aromatic nitrogens is 1. The molecule has 1 aromatic heterocycles. The minimum atomic E-state index is -0.943. The van der Waals surface area contributed by atoms with Gasteiger partial charge in [0.05, 0.1) is 0 Å². The average molecular weight is 332 g/mol. The third-order valence-electron chi connectivity index (χ3n) is 3.32. The van der Waals surface area contributed by atoms with E-state index >= 15 is 0 Å². The van der Waals surface area contributed by atoms with E-state index in [4.69, 9.17) is 18.7 Å². The van der Waals surface area contributed by atoms with Crippen molar-refractivity contribution in [3.63, 3.8) is 0 Å². The van der Waals surface area contributed by atoms with Gasteiger partial charge in [-0.25, -0.2) is 4.79 Å². The summed E-state index contributed by atoms with van der Waals surface area (Å²) in [6.07, 6.45) is -1.48. The number of hydrogen-bond acceptors (Lipinski definition) is 7. The van der Waals surface area contributed by atoms with E-state index in [1.807, 2.05) is 6.07 Å². The molecule has 2 unspecified atom stereocenters. The number of anilines is 1. The quantitative estimate of drug-likeness (QED) is 0.850. The highest BCUT2D eigenvalue weighted by molar-refractivity contribution is 5.92. The van der Waals surface area contributed by atoms with Gasteiger partial charge in [0.15, 0.2) is 23.9 Å². The maximum Gasteiger partial charge on any atom is 0.351 e. The van der Waals surface area contributed by atoms with Gasteiger partial charge in [-0.1, -0.05) is 17.3 Å². The smallest absolute Gasteiger partial charge is 0.351 e. The van der Waals surface area contributed by atoms with Crippen LogP contribution in [0.3, 0.4) is 0 Å². The molecule has 1 aliphatic rings. The van der Waals surface area contributed by atoms with Crippen molar-refractivity contribution in [3.8, 4) is 11.5 Å². The number of aryl methyl sites for hydroxylation is 1. The number of nitrogens with one attached hydrogen (secondary N) is 1. The maximum atomic E-state index is 12.1. The van der Waals surface area contributed by atoms with Crippen LogP contribution in [0.4, 0.5) is 5.82 Å². The summed E-state index contributed by atoms with van der Waals surface area (Å²) in [4.78, 5) is 23.9. The Hall–Kier alpha value is -3.03. The van der Waals surface area contributed by atoms with Crippen molar-refractivity contribution in [1.29, 1.82) is 0 Å². The third-order valence-corrected chi connectivity index (χ3v) is 3.32. The Labute approximate surface area is 137 Å². The zero-order chi connectivity index (χ0) is 17.1. The first-order chi connectivity index (χ1) is 11.5. The minimum Gasteiger partial charge on any atom is -0.482 e. The van der Waals surface area contributed by atoms with E-state index in [1.165, 1.54) is 0 Å². The summed E-state index contributed by atoms with van der Waals surface area (Å²) in [5.74, 6) is 0.633. The number of benzene rings is 1. The molecular formula is C16H16N2O6. The van der Waals surface area contributed by atoms with Gasteiger partial charge in [-0.15, -0.1) is 0 Å². The molecule has 1 aromatic carbocycles. The Bertz CT molecular complexity index is 757. The number of carbonyl (C=O) groups excluding carboxylic acids is 2. The van der Waals surface area contributed by atoms with Gasteiger partial charge in [-0.2, -0.15) is 0 Å². The van der Waals surface area contributed by atoms with Crippen molar-refractivity contribution in [2.75, 3.05) is 11.9 Å². The SMILES string of the molecule is Cc1cc(NC(=O)COC(=O)C2Oc3ccccc3OC2C)no1. The molecule has 2 atom stereocenters. The molecule has 1 aliphatic heterocycles. The van der Waals surface area contributed by atoms with E-state index in [1.54, 1.807) is 38.1 Å². The Morgan fingerprint density at radius 3 is 2.62 bits per heavy atom. The molecule has 0 saturated carbocycles. The lowest BCUT2D eigenvalue weighted by Crippen LogP contribution is -2.45. The second-order valence-corrected chi connectivity index (χ2v) is 5.29. The van der Waals surface area contributed by atoms with Crippen LogP contribution in [0, 0.1) is 6.92 Å². The van der Waals surface area contributed by atoms with Gasteiger partial charge in [-0.05, 0) is 26.0 Å². The zero-order valence-electron chi connectivity index (χ0n) is 13.1. The molecule has 0 radical (unpaired) electrons. The summed E-state index contributed by atoms with van der Waals surface area (Å²) < 4.78 is 21.0. The van der Waals surface area contributed by atoms with E-state index in [0.29, 0.717) is 17.3 Å². The number of rotatable bonds is 4. The number of amides is 1. The van der Waals surface area contributed by atoms with Gasteiger partial charge >= 0.3 is 5.97 Å². The van der Waals surface area contributed by atoms with Crippen molar-refractivity contribution >= 4 is 17.7 Å². The molecule has 8 nitrogen and oxygen atoms in total. The second-order valence-electron chi connectivity index (χ2n) is 5.29. The summed E-state index contributed by atoms with van der Waals surface area (Å²) in [6.45, 7) is 2.93. The average Bonchev–Trinajstić information content (AvgIpc) is 2.96. The summed E-state index contributed by atoms with van der Waals surface area (Å²) >= 11 is 0. The molecule has 2 aromatic rings. The van der Waals surface area contributed by atoms with Gasteiger partial charge in [0, 0.05) is 6.07 Å². The molecule has 0 fully saturated rings. The number of carbonyl (C=O) groups is 2. The number of fused-ring (bicyclic) bond motifs is 1. The van der Waals surface area contributed by atoms with Crippen LogP contribution in [-0.4, -0.2) is 35.8 Å². The monoisotopic (exact) mass is 332 g/mol. The van der Waals surface area contributed by atoms with Crippen LogP contribution in [0.15, 0.2) is 34.9 Å². The molecule has 0 spiro atoms. The van der Waals surface area contributed by atoms with Crippen LogP contribution < -0.4 is 14.8 Å². The van der Waals surface area contributed by atoms with Crippen molar-refractivity contribution in [2.45, 2.75) is 26.1 Å². The molecule has 126 valence electrons. The number of ether oxygens (including phenoxy) is 3. The number of nitrogens with zero attached hydrogens (tertiary/aromatic N) is 1. The molecule has 0 aliphatic carbocycles. The van der Waals surface area contributed by atoms with Crippen LogP contribution in [0.1, 0.15) is 12.7 Å². The van der Waals surface area contributed by atoms with E-state index in [0.717, 1.165) is 0 Å². The van der Waals surface area contributed by atoms with Crippen LogP contribution >= 0.6 is 0 Å². The Morgan fingerprint density at radius 2 is 1.96 bits per heavy atom. The molecule has 0 saturated heterocycles. The molecule has 24 heavy (non-hydrogen) atoms. The Balaban J connectivity index is 1.54. The topological polar surface area (TPSA) is 99.9 Å². The highest BCUT2D eigenvalue weighted by atomic mass is 16.6. The van der Waals surface area contributed by atoms with Crippen LogP contribution in [0.2, 0.25) is 0 Å². The standard InChI is InChI=1S/C16H16N2O6/c1-9-7-13(18-24-9)17-14(19)8-21-16(20)15-10(2)22-11-5-3-4-6-12(11)23-15/h3-7,10,15H,8H2,1-2H3,(H,17,18,19). The highest BCUT2D eigenvalue weighted by Gasteiger charge is 2.35. The normalized spacial score (nSPS) is 18.8. The van der Waals surface area contributed by atoms with Crippen LogP contribution in [0.5, 0.6) is 11.5 Å². The molecule has 2 heterocycles. The first-order valence-corrected chi connectivity index (χ1v) is 7.35. The van der Waals surface area contributed by atoms with E-state index in [2.05, 4.69) is 10.5 Å². The van der Waals surface area contributed by atoms with Crippen molar-refractivity contribution in [2.24, 2.45) is 0 Å². The van der Waals surface area contributed by atoms with Crippen LogP contribution in [-0.2, 0) is 14.3 Å². The predicted molar refractivity (Wildman–Crippen MR) is 81.8 cm³/mol. The fourth-order valence-electron chi connectivity index (χ4n) is 2.20. The van der Waals surface area contributed by atoms with Gasteiger partial charge in [0.1, 0.15) is 11.9 Å². The second kappa shape index (κ2) is 6.61. The van der Waals surface area contributed by atoms with E-state index in [9.17, 15) is 9.59 Å². The van der Waals surface area contributed by atoms with Crippen molar-refractivity contribution in [1.82, 2.24) is 5.16 Å². The van der Waals surface area contributed by atoms with Gasteiger partial charge in [0.25, 0.3) is 5.91 Å². The summed E-state index contributed by atoms with van der Waals surface area (Å²) in [6, 6.07) is 8.58. The van der Waals surface area contributed by atoms with Crippen LogP contribution in [0.25, 0.3) is 0 Å². The Morgan fingerprint density at radius 1 is 1.25 bits per heavy atom. The Kier molecular flexibility index (Phi) is 4.37. The first kappa shape index (κ1) is 15.9. The summed E-state index contributed by atoms with van der Waals surface area (Å²) in [5.41, 5.74) is 0. The number of hydrogen-bond donors (Lipinski definition) is 1.